The fourth-order valence-electron chi connectivity index (χ4n) is 2.47. The molecule has 7 nitrogen and oxygen atoms in total. The van der Waals surface area contributed by atoms with Crippen molar-refractivity contribution in [3.05, 3.63) is 28.6 Å². The van der Waals surface area contributed by atoms with Crippen molar-refractivity contribution in [1.82, 2.24) is 10.2 Å². The van der Waals surface area contributed by atoms with E-state index in [0.29, 0.717) is 16.6 Å². The number of carbonyl (C=O) groups excluding carboxylic acids is 2. The molecule has 3 rings (SSSR count). The van der Waals surface area contributed by atoms with Crippen LogP contribution in [0.15, 0.2) is 23.0 Å². The number of ether oxygens (including phenoxy) is 1. The third-order valence-electron chi connectivity index (χ3n) is 3.53. The van der Waals surface area contributed by atoms with Gasteiger partial charge in [0.1, 0.15) is 0 Å². The number of esters is 1. The van der Waals surface area contributed by atoms with Gasteiger partial charge in [-0.15, -0.1) is 0 Å². The SMILES string of the molecule is COC(=O)C1CC(=O)N(c2ccc3[nH][nH]c(=O)c3c2)C1. The summed E-state index contributed by atoms with van der Waals surface area (Å²) in [6, 6.07) is 5.10. The molecule has 1 unspecified atom stereocenters. The first-order chi connectivity index (χ1) is 9.60. The monoisotopic (exact) mass is 275 g/mol. The van der Waals surface area contributed by atoms with E-state index < -0.39 is 5.92 Å². The van der Waals surface area contributed by atoms with E-state index in [1.807, 2.05) is 0 Å². The van der Waals surface area contributed by atoms with Crippen molar-refractivity contribution < 1.29 is 14.3 Å². The average Bonchev–Trinajstić information content (AvgIpc) is 3.02. The molecule has 0 radical (unpaired) electrons. The predicted molar refractivity (Wildman–Crippen MR) is 71.4 cm³/mol. The first-order valence-electron chi connectivity index (χ1n) is 6.18. The number of benzene rings is 1. The van der Waals surface area contributed by atoms with Crippen LogP contribution in [0.3, 0.4) is 0 Å². The van der Waals surface area contributed by atoms with Crippen LogP contribution in [0.4, 0.5) is 5.69 Å². The summed E-state index contributed by atoms with van der Waals surface area (Å²) in [6.07, 6.45) is 0.133. The third-order valence-corrected chi connectivity index (χ3v) is 3.53. The lowest BCUT2D eigenvalue weighted by Crippen LogP contribution is -2.26. The number of nitrogens with one attached hydrogen (secondary N) is 2. The average molecular weight is 275 g/mol. The standard InChI is InChI=1S/C13H13N3O4/c1-20-13(19)7-4-11(17)16(6-7)8-2-3-10-9(5-8)12(18)15-14-10/h2-3,5,7H,4,6H2,1H3,(H2,14,15,18). The molecule has 1 fully saturated rings. The highest BCUT2D eigenvalue weighted by Gasteiger charge is 2.35. The Labute approximate surface area is 113 Å². The largest absolute Gasteiger partial charge is 0.469 e. The molecular formula is C13H13N3O4. The quantitative estimate of drug-likeness (QED) is 0.775. The number of rotatable bonds is 2. The van der Waals surface area contributed by atoms with Gasteiger partial charge < -0.3 is 9.64 Å². The van der Waals surface area contributed by atoms with E-state index >= 15 is 0 Å². The van der Waals surface area contributed by atoms with E-state index in [9.17, 15) is 14.4 Å². The van der Waals surface area contributed by atoms with E-state index in [1.165, 1.54) is 12.0 Å². The molecule has 20 heavy (non-hydrogen) atoms. The van der Waals surface area contributed by atoms with Gasteiger partial charge in [-0.05, 0) is 18.2 Å². The van der Waals surface area contributed by atoms with Gasteiger partial charge in [-0.25, -0.2) is 0 Å². The first kappa shape index (κ1) is 12.5. The third kappa shape index (κ3) is 1.87. The Morgan fingerprint density at radius 2 is 2.15 bits per heavy atom. The van der Waals surface area contributed by atoms with Crippen LogP contribution in [0.5, 0.6) is 0 Å². The van der Waals surface area contributed by atoms with Crippen molar-refractivity contribution in [1.29, 1.82) is 0 Å². The molecule has 7 heteroatoms. The van der Waals surface area contributed by atoms with Gasteiger partial charge in [0.05, 0.1) is 23.9 Å². The van der Waals surface area contributed by atoms with Crippen LogP contribution >= 0.6 is 0 Å². The van der Waals surface area contributed by atoms with E-state index in [-0.39, 0.29) is 30.4 Å². The number of hydrogen-bond acceptors (Lipinski definition) is 4. The van der Waals surface area contributed by atoms with Crippen LogP contribution in [0.2, 0.25) is 0 Å². The Kier molecular flexibility index (Phi) is 2.81. The number of anilines is 1. The van der Waals surface area contributed by atoms with Crippen LogP contribution in [0, 0.1) is 5.92 Å². The molecule has 1 saturated heterocycles. The van der Waals surface area contributed by atoms with Crippen LogP contribution in [0.1, 0.15) is 6.42 Å². The number of nitrogens with zero attached hydrogens (tertiary/aromatic N) is 1. The minimum absolute atomic E-state index is 0.133. The van der Waals surface area contributed by atoms with Crippen LogP contribution < -0.4 is 10.5 Å². The number of fused-ring (bicyclic) bond motifs is 1. The van der Waals surface area contributed by atoms with Gasteiger partial charge in [-0.1, -0.05) is 0 Å². The van der Waals surface area contributed by atoms with Gasteiger partial charge in [0, 0.05) is 18.7 Å². The molecule has 0 spiro atoms. The number of aromatic nitrogens is 2. The van der Waals surface area contributed by atoms with Gasteiger partial charge in [-0.2, -0.15) is 0 Å². The van der Waals surface area contributed by atoms with Crippen molar-refractivity contribution in [3.8, 4) is 0 Å². The lowest BCUT2D eigenvalue weighted by atomic mass is 10.1. The molecule has 1 aliphatic heterocycles. The zero-order valence-electron chi connectivity index (χ0n) is 10.8. The fraction of sp³-hybridized carbons (Fsp3) is 0.308. The molecule has 0 aliphatic carbocycles. The van der Waals surface area contributed by atoms with E-state index in [4.69, 9.17) is 0 Å². The molecule has 1 amide bonds. The van der Waals surface area contributed by atoms with E-state index in [1.54, 1.807) is 18.2 Å². The summed E-state index contributed by atoms with van der Waals surface area (Å²) in [5.41, 5.74) is 1.05. The number of carbonyl (C=O) groups is 2. The molecular weight excluding hydrogens is 262 g/mol. The maximum absolute atomic E-state index is 12.0. The van der Waals surface area contributed by atoms with Crippen molar-refractivity contribution in [2.24, 2.45) is 5.92 Å². The van der Waals surface area contributed by atoms with E-state index in [2.05, 4.69) is 14.9 Å². The number of amides is 1. The summed E-state index contributed by atoms with van der Waals surface area (Å²) >= 11 is 0. The normalized spacial score (nSPS) is 18.8. The maximum Gasteiger partial charge on any atom is 0.311 e. The van der Waals surface area contributed by atoms with Crippen LogP contribution in [-0.4, -0.2) is 35.7 Å². The van der Waals surface area contributed by atoms with Gasteiger partial charge in [0.15, 0.2) is 0 Å². The highest BCUT2D eigenvalue weighted by Crippen LogP contribution is 2.27. The van der Waals surface area contributed by atoms with Gasteiger partial charge in [0.2, 0.25) is 5.91 Å². The molecule has 0 bridgehead atoms. The molecule has 2 aromatic rings. The Bertz CT molecular complexity index is 745. The summed E-state index contributed by atoms with van der Waals surface area (Å²) in [5, 5.41) is 5.70. The molecule has 1 atom stereocenters. The Balaban J connectivity index is 1.95. The summed E-state index contributed by atoms with van der Waals surface area (Å²) < 4.78 is 4.67. The Morgan fingerprint density at radius 1 is 1.35 bits per heavy atom. The molecule has 0 saturated carbocycles. The molecule has 2 heterocycles. The molecule has 104 valence electrons. The Hall–Kier alpha value is -2.57. The maximum atomic E-state index is 12.0. The second-order valence-corrected chi connectivity index (χ2v) is 4.74. The van der Waals surface area contributed by atoms with Crippen molar-refractivity contribution >= 4 is 28.5 Å². The topological polar surface area (TPSA) is 95.3 Å². The molecule has 1 aromatic carbocycles. The number of H-pyrrole nitrogens is 2. The van der Waals surface area contributed by atoms with E-state index in [0.717, 1.165) is 0 Å². The van der Waals surface area contributed by atoms with Gasteiger partial charge >= 0.3 is 5.97 Å². The number of methoxy groups -OCH3 is 1. The lowest BCUT2D eigenvalue weighted by Gasteiger charge is -2.16. The minimum Gasteiger partial charge on any atom is -0.469 e. The van der Waals surface area contributed by atoms with Crippen molar-refractivity contribution in [2.45, 2.75) is 6.42 Å². The second-order valence-electron chi connectivity index (χ2n) is 4.74. The minimum atomic E-state index is -0.451. The fourth-order valence-corrected chi connectivity index (χ4v) is 2.47. The summed E-state index contributed by atoms with van der Waals surface area (Å²) in [7, 11) is 1.31. The molecule has 2 N–H and O–H groups in total. The van der Waals surface area contributed by atoms with Crippen LogP contribution in [-0.2, 0) is 14.3 Å². The highest BCUT2D eigenvalue weighted by atomic mass is 16.5. The zero-order valence-corrected chi connectivity index (χ0v) is 10.8. The van der Waals surface area contributed by atoms with Gasteiger partial charge in [0.25, 0.3) is 5.56 Å². The predicted octanol–water partition coefficient (Wildman–Crippen LogP) is 0.382. The lowest BCUT2D eigenvalue weighted by molar-refractivity contribution is -0.145. The van der Waals surface area contributed by atoms with Gasteiger partial charge in [-0.3, -0.25) is 24.6 Å². The summed E-state index contributed by atoms with van der Waals surface area (Å²) in [4.78, 5) is 36.6. The summed E-state index contributed by atoms with van der Waals surface area (Å²) in [5.74, 6) is -0.985. The van der Waals surface area contributed by atoms with Crippen LogP contribution in [0.25, 0.3) is 10.9 Å². The number of aromatic amines is 2. The highest BCUT2D eigenvalue weighted by molar-refractivity contribution is 6.00. The Morgan fingerprint density at radius 3 is 2.90 bits per heavy atom. The smallest absolute Gasteiger partial charge is 0.311 e. The second kappa shape index (κ2) is 4.52. The zero-order chi connectivity index (χ0) is 14.3. The number of hydrogen-bond donors (Lipinski definition) is 2. The first-order valence-corrected chi connectivity index (χ1v) is 6.18. The van der Waals surface area contributed by atoms with Crippen molar-refractivity contribution in [3.63, 3.8) is 0 Å². The summed E-state index contributed by atoms with van der Waals surface area (Å²) in [6.45, 7) is 0.277. The molecule has 1 aliphatic rings. The molecule has 1 aromatic heterocycles. The van der Waals surface area contributed by atoms with Crippen molar-refractivity contribution in [2.75, 3.05) is 18.6 Å².